The van der Waals surface area contributed by atoms with Gasteiger partial charge in [-0.05, 0) is 46.1 Å². The standard InChI is InChI=1S/C14H24N4O3/c1-5-18(14(3,4)12(19)20)13(21)15-8-6-7-11-9-16-17-10(11)2/h9H,5-8H2,1-4H3,(H,15,21)(H,16,17)(H,19,20). The summed E-state index contributed by atoms with van der Waals surface area (Å²) in [6.07, 6.45) is 3.37. The molecule has 118 valence electrons. The number of rotatable bonds is 7. The van der Waals surface area contributed by atoms with Crippen molar-refractivity contribution in [3.05, 3.63) is 17.5 Å². The minimum Gasteiger partial charge on any atom is -0.480 e. The van der Waals surface area contributed by atoms with Crippen molar-refractivity contribution in [1.82, 2.24) is 20.4 Å². The van der Waals surface area contributed by atoms with Crippen molar-refractivity contribution >= 4 is 12.0 Å². The number of urea groups is 1. The fourth-order valence-corrected chi connectivity index (χ4v) is 2.11. The van der Waals surface area contributed by atoms with Gasteiger partial charge in [0.05, 0.1) is 6.20 Å². The Morgan fingerprint density at radius 1 is 1.48 bits per heavy atom. The molecule has 7 nitrogen and oxygen atoms in total. The molecule has 0 aliphatic carbocycles. The van der Waals surface area contributed by atoms with Gasteiger partial charge in [-0.1, -0.05) is 0 Å². The normalized spacial score (nSPS) is 11.2. The molecule has 7 heteroatoms. The first kappa shape index (κ1) is 17.0. The fraction of sp³-hybridized carbons (Fsp3) is 0.643. The third-order valence-electron chi connectivity index (χ3n) is 3.59. The van der Waals surface area contributed by atoms with E-state index in [2.05, 4.69) is 15.5 Å². The molecule has 3 N–H and O–H groups in total. The first-order chi connectivity index (χ1) is 9.80. The van der Waals surface area contributed by atoms with Gasteiger partial charge in [-0.3, -0.25) is 5.10 Å². The third kappa shape index (κ3) is 4.21. The van der Waals surface area contributed by atoms with Gasteiger partial charge in [-0.2, -0.15) is 5.10 Å². The fourth-order valence-electron chi connectivity index (χ4n) is 2.11. The van der Waals surface area contributed by atoms with Crippen LogP contribution in [0.1, 0.15) is 38.4 Å². The number of aromatic amines is 1. The zero-order chi connectivity index (χ0) is 16.0. The van der Waals surface area contributed by atoms with E-state index in [0.717, 1.165) is 24.1 Å². The van der Waals surface area contributed by atoms with Gasteiger partial charge in [0.15, 0.2) is 0 Å². The average Bonchev–Trinajstić information content (AvgIpc) is 2.80. The number of amides is 2. The van der Waals surface area contributed by atoms with Crippen molar-refractivity contribution in [3.63, 3.8) is 0 Å². The van der Waals surface area contributed by atoms with Crippen LogP contribution in [0.25, 0.3) is 0 Å². The summed E-state index contributed by atoms with van der Waals surface area (Å²) >= 11 is 0. The van der Waals surface area contributed by atoms with E-state index in [9.17, 15) is 14.7 Å². The molecule has 0 aliphatic rings. The first-order valence-electron chi connectivity index (χ1n) is 7.08. The molecule has 0 fully saturated rings. The van der Waals surface area contributed by atoms with E-state index in [4.69, 9.17) is 0 Å². The summed E-state index contributed by atoms with van der Waals surface area (Å²) in [6, 6.07) is -0.353. The molecule has 0 spiro atoms. The molecule has 1 aromatic rings. The number of nitrogens with zero attached hydrogens (tertiary/aromatic N) is 2. The van der Waals surface area contributed by atoms with Crippen LogP contribution in [-0.4, -0.2) is 50.8 Å². The van der Waals surface area contributed by atoms with Gasteiger partial charge in [-0.15, -0.1) is 0 Å². The van der Waals surface area contributed by atoms with Crippen LogP contribution in [0, 0.1) is 6.92 Å². The molecule has 0 unspecified atom stereocenters. The molecule has 0 bridgehead atoms. The Balaban J connectivity index is 2.45. The Labute approximate surface area is 124 Å². The van der Waals surface area contributed by atoms with Gasteiger partial charge < -0.3 is 15.3 Å². The highest BCUT2D eigenvalue weighted by Crippen LogP contribution is 2.14. The van der Waals surface area contributed by atoms with Crippen LogP contribution in [-0.2, 0) is 11.2 Å². The molecule has 2 amide bonds. The van der Waals surface area contributed by atoms with Crippen molar-refractivity contribution in [2.45, 2.75) is 46.1 Å². The van der Waals surface area contributed by atoms with Gasteiger partial charge in [0, 0.05) is 18.8 Å². The number of aryl methyl sites for hydroxylation is 2. The van der Waals surface area contributed by atoms with Gasteiger partial charge in [0.1, 0.15) is 5.54 Å². The van der Waals surface area contributed by atoms with E-state index in [1.807, 2.05) is 6.92 Å². The van der Waals surface area contributed by atoms with Crippen LogP contribution in [0.15, 0.2) is 6.20 Å². The van der Waals surface area contributed by atoms with Crippen LogP contribution in [0.4, 0.5) is 4.79 Å². The maximum absolute atomic E-state index is 12.1. The van der Waals surface area contributed by atoms with Gasteiger partial charge in [0.2, 0.25) is 0 Å². The van der Waals surface area contributed by atoms with Crippen molar-refractivity contribution < 1.29 is 14.7 Å². The van der Waals surface area contributed by atoms with E-state index in [1.165, 1.54) is 18.7 Å². The lowest BCUT2D eigenvalue weighted by Gasteiger charge is -2.34. The Morgan fingerprint density at radius 3 is 2.62 bits per heavy atom. The number of H-pyrrole nitrogens is 1. The number of nitrogens with one attached hydrogen (secondary N) is 2. The van der Waals surface area contributed by atoms with Gasteiger partial charge in [-0.25, -0.2) is 9.59 Å². The molecule has 21 heavy (non-hydrogen) atoms. The number of carboxylic acids is 1. The first-order valence-corrected chi connectivity index (χ1v) is 7.08. The van der Waals surface area contributed by atoms with Crippen LogP contribution in [0.3, 0.4) is 0 Å². The number of likely N-dealkylation sites (N-methyl/N-ethyl adjacent to an activating group) is 1. The predicted molar refractivity (Wildman–Crippen MR) is 79.1 cm³/mol. The van der Waals surface area contributed by atoms with Gasteiger partial charge >= 0.3 is 12.0 Å². The number of carbonyl (C=O) groups excluding carboxylic acids is 1. The SMILES string of the molecule is CCN(C(=O)NCCCc1cn[nH]c1C)C(C)(C)C(=O)O. The number of hydrogen-bond acceptors (Lipinski definition) is 3. The summed E-state index contributed by atoms with van der Waals surface area (Å²) < 4.78 is 0. The zero-order valence-corrected chi connectivity index (χ0v) is 13.1. The highest BCUT2D eigenvalue weighted by Gasteiger charge is 2.36. The molecule has 1 rings (SSSR count). The van der Waals surface area contributed by atoms with E-state index < -0.39 is 11.5 Å². The molecule has 1 heterocycles. The molecular weight excluding hydrogens is 272 g/mol. The van der Waals surface area contributed by atoms with Crippen LogP contribution < -0.4 is 5.32 Å². The average molecular weight is 296 g/mol. The topological polar surface area (TPSA) is 98.3 Å². The maximum Gasteiger partial charge on any atom is 0.329 e. The lowest BCUT2D eigenvalue weighted by molar-refractivity contribution is -0.147. The maximum atomic E-state index is 12.1. The smallest absolute Gasteiger partial charge is 0.329 e. The lowest BCUT2D eigenvalue weighted by Crippen LogP contribution is -2.56. The lowest BCUT2D eigenvalue weighted by atomic mass is 10.0. The van der Waals surface area contributed by atoms with Crippen molar-refractivity contribution in [1.29, 1.82) is 0 Å². The molecule has 0 radical (unpaired) electrons. The minimum absolute atomic E-state index is 0.339. The number of hydrogen-bond donors (Lipinski definition) is 3. The third-order valence-corrected chi connectivity index (χ3v) is 3.59. The molecule has 0 aromatic carbocycles. The summed E-state index contributed by atoms with van der Waals surface area (Å²) in [5, 5.41) is 18.8. The van der Waals surface area contributed by atoms with E-state index in [-0.39, 0.29) is 6.03 Å². The minimum atomic E-state index is -1.22. The predicted octanol–water partition coefficient (Wildman–Crippen LogP) is 1.55. The largest absolute Gasteiger partial charge is 0.480 e. The molecule has 0 atom stereocenters. The summed E-state index contributed by atoms with van der Waals surface area (Å²) in [5.74, 6) is -1.02. The highest BCUT2D eigenvalue weighted by atomic mass is 16.4. The van der Waals surface area contributed by atoms with Crippen molar-refractivity contribution in [2.75, 3.05) is 13.1 Å². The number of aromatic nitrogens is 2. The van der Waals surface area contributed by atoms with Crippen LogP contribution in [0.5, 0.6) is 0 Å². The summed E-state index contributed by atoms with van der Waals surface area (Å²) in [5.41, 5.74) is 0.936. The number of carbonyl (C=O) groups is 2. The summed E-state index contributed by atoms with van der Waals surface area (Å²) in [7, 11) is 0. The van der Waals surface area contributed by atoms with Crippen molar-refractivity contribution in [3.8, 4) is 0 Å². The van der Waals surface area contributed by atoms with Crippen molar-refractivity contribution in [2.24, 2.45) is 0 Å². The Bertz CT molecular complexity index is 496. The quantitative estimate of drug-likeness (QED) is 0.665. The van der Waals surface area contributed by atoms with Crippen LogP contribution >= 0.6 is 0 Å². The second-order valence-electron chi connectivity index (χ2n) is 5.46. The monoisotopic (exact) mass is 296 g/mol. The van der Waals surface area contributed by atoms with E-state index in [1.54, 1.807) is 13.1 Å². The Kier molecular flexibility index (Phi) is 5.75. The summed E-state index contributed by atoms with van der Waals surface area (Å²) in [4.78, 5) is 24.6. The molecular formula is C14H24N4O3. The second kappa shape index (κ2) is 7.10. The van der Waals surface area contributed by atoms with E-state index in [0.29, 0.717) is 13.1 Å². The second-order valence-corrected chi connectivity index (χ2v) is 5.46. The number of aliphatic carboxylic acids is 1. The Morgan fingerprint density at radius 2 is 2.14 bits per heavy atom. The molecule has 0 aliphatic heterocycles. The van der Waals surface area contributed by atoms with E-state index >= 15 is 0 Å². The molecule has 1 aromatic heterocycles. The molecule has 0 saturated heterocycles. The Hall–Kier alpha value is -2.05. The van der Waals surface area contributed by atoms with Crippen LogP contribution in [0.2, 0.25) is 0 Å². The number of carboxylic acid groups (broad SMARTS) is 1. The summed E-state index contributed by atoms with van der Waals surface area (Å²) in [6.45, 7) is 7.59. The molecule has 0 saturated carbocycles. The van der Waals surface area contributed by atoms with Gasteiger partial charge in [0.25, 0.3) is 0 Å². The zero-order valence-electron chi connectivity index (χ0n) is 13.1. The highest BCUT2D eigenvalue weighted by molar-refractivity contribution is 5.85.